The van der Waals surface area contributed by atoms with Crippen LogP contribution in [0.5, 0.6) is 0 Å². The molecule has 0 bridgehead atoms. The second kappa shape index (κ2) is 7.98. The van der Waals surface area contributed by atoms with Gasteiger partial charge in [-0.15, -0.1) is 0 Å². The maximum Gasteiger partial charge on any atom is 0.269 e. The van der Waals surface area contributed by atoms with Crippen molar-refractivity contribution in [3.8, 4) is 0 Å². The first kappa shape index (κ1) is 15.8. The number of hydrogen-bond acceptors (Lipinski definition) is 4. The van der Waals surface area contributed by atoms with Gasteiger partial charge in [0.25, 0.3) is 5.69 Å². The molecule has 1 saturated carbocycles. The van der Waals surface area contributed by atoms with Gasteiger partial charge in [-0.25, -0.2) is 0 Å². The van der Waals surface area contributed by atoms with Gasteiger partial charge in [-0.3, -0.25) is 10.1 Å². The third-order valence-electron chi connectivity index (χ3n) is 3.95. The number of nitrogens with zero attached hydrogens (tertiary/aromatic N) is 1. The molecule has 0 aliphatic heterocycles. The summed E-state index contributed by atoms with van der Waals surface area (Å²) in [5.74, 6) is 0.663. The quantitative estimate of drug-likeness (QED) is 0.578. The number of nitro benzene ring substituents is 1. The summed E-state index contributed by atoms with van der Waals surface area (Å²) in [6.45, 7) is 4.14. The Bertz CT molecular complexity index is 471. The maximum atomic E-state index is 10.9. The molecule has 21 heavy (non-hydrogen) atoms. The standard InChI is InChI=1S/C16H24N2O3/c1-2-9-17-16-8-7-15(18(19)20)10-14(16)12-21-11-13-5-3-4-6-13/h7-8,10,13,17H,2-6,9,11-12H2,1H3. The monoisotopic (exact) mass is 292 g/mol. The van der Waals surface area contributed by atoms with E-state index in [1.165, 1.54) is 25.7 Å². The minimum Gasteiger partial charge on any atom is -0.385 e. The molecule has 1 fully saturated rings. The van der Waals surface area contributed by atoms with Crippen LogP contribution in [0.3, 0.4) is 0 Å². The number of anilines is 1. The van der Waals surface area contributed by atoms with E-state index in [0.29, 0.717) is 12.5 Å². The number of rotatable bonds is 8. The molecule has 0 aromatic heterocycles. The van der Waals surface area contributed by atoms with Gasteiger partial charge in [-0.2, -0.15) is 0 Å². The van der Waals surface area contributed by atoms with E-state index in [2.05, 4.69) is 12.2 Å². The molecule has 0 unspecified atom stereocenters. The minimum atomic E-state index is -0.357. The van der Waals surface area contributed by atoms with Crippen molar-refractivity contribution in [2.45, 2.75) is 45.6 Å². The van der Waals surface area contributed by atoms with Crippen LogP contribution in [0.25, 0.3) is 0 Å². The van der Waals surface area contributed by atoms with Crippen molar-refractivity contribution in [3.63, 3.8) is 0 Å². The van der Waals surface area contributed by atoms with E-state index in [0.717, 1.165) is 30.8 Å². The van der Waals surface area contributed by atoms with Crippen LogP contribution in [0, 0.1) is 16.0 Å². The lowest BCUT2D eigenvalue weighted by molar-refractivity contribution is -0.384. The van der Waals surface area contributed by atoms with Gasteiger partial charge in [0.2, 0.25) is 0 Å². The van der Waals surface area contributed by atoms with E-state index in [4.69, 9.17) is 4.74 Å². The maximum absolute atomic E-state index is 10.9. The van der Waals surface area contributed by atoms with Gasteiger partial charge in [0.15, 0.2) is 0 Å². The highest BCUT2D eigenvalue weighted by atomic mass is 16.6. The number of non-ortho nitro benzene ring substituents is 1. The minimum absolute atomic E-state index is 0.122. The van der Waals surface area contributed by atoms with Crippen LogP contribution in [0.15, 0.2) is 18.2 Å². The van der Waals surface area contributed by atoms with E-state index >= 15 is 0 Å². The molecule has 0 radical (unpaired) electrons. The van der Waals surface area contributed by atoms with Crippen molar-refractivity contribution in [1.82, 2.24) is 0 Å². The lowest BCUT2D eigenvalue weighted by Gasteiger charge is -2.14. The normalized spacial score (nSPS) is 15.3. The molecular weight excluding hydrogens is 268 g/mol. The van der Waals surface area contributed by atoms with Crippen LogP contribution in [0.1, 0.15) is 44.6 Å². The highest BCUT2D eigenvalue weighted by Crippen LogP contribution is 2.26. The van der Waals surface area contributed by atoms with Gasteiger partial charge in [0.1, 0.15) is 0 Å². The van der Waals surface area contributed by atoms with E-state index < -0.39 is 0 Å². The number of ether oxygens (including phenoxy) is 1. The van der Waals surface area contributed by atoms with Gasteiger partial charge in [-0.1, -0.05) is 19.8 Å². The largest absolute Gasteiger partial charge is 0.385 e. The number of nitro groups is 1. The van der Waals surface area contributed by atoms with Gasteiger partial charge in [-0.05, 0) is 31.2 Å². The van der Waals surface area contributed by atoms with Crippen molar-refractivity contribution in [2.75, 3.05) is 18.5 Å². The molecule has 1 aliphatic rings. The molecule has 1 aromatic carbocycles. The van der Waals surface area contributed by atoms with Gasteiger partial charge in [0, 0.05) is 36.5 Å². The molecule has 0 atom stereocenters. The van der Waals surface area contributed by atoms with Crippen LogP contribution >= 0.6 is 0 Å². The summed E-state index contributed by atoms with van der Waals surface area (Å²) in [6.07, 6.45) is 6.10. The zero-order valence-corrected chi connectivity index (χ0v) is 12.6. The Balaban J connectivity index is 1.98. The Hall–Kier alpha value is -1.62. The van der Waals surface area contributed by atoms with Gasteiger partial charge < -0.3 is 10.1 Å². The van der Waals surface area contributed by atoms with E-state index in [-0.39, 0.29) is 10.6 Å². The summed E-state index contributed by atoms with van der Waals surface area (Å²) in [7, 11) is 0. The predicted octanol–water partition coefficient (Wildman–Crippen LogP) is 4.12. The lowest BCUT2D eigenvalue weighted by Crippen LogP contribution is -2.08. The Morgan fingerprint density at radius 2 is 2.14 bits per heavy atom. The topological polar surface area (TPSA) is 64.4 Å². The first-order chi connectivity index (χ1) is 10.2. The number of nitrogens with one attached hydrogen (secondary N) is 1. The summed E-state index contributed by atoms with van der Waals surface area (Å²) in [4.78, 5) is 10.5. The van der Waals surface area contributed by atoms with Crippen molar-refractivity contribution in [3.05, 3.63) is 33.9 Å². The molecule has 2 rings (SSSR count). The predicted molar refractivity (Wildman–Crippen MR) is 83.5 cm³/mol. The van der Waals surface area contributed by atoms with Crippen LogP contribution in [0.2, 0.25) is 0 Å². The Kier molecular flexibility index (Phi) is 5.99. The Morgan fingerprint density at radius 3 is 2.81 bits per heavy atom. The molecule has 0 saturated heterocycles. The van der Waals surface area contributed by atoms with Crippen molar-refractivity contribution in [2.24, 2.45) is 5.92 Å². The van der Waals surface area contributed by atoms with E-state index in [1.54, 1.807) is 18.2 Å². The van der Waals surface area contributed by atoms with Gasteiger partial charge in [0.05, 0.1) is 11.5 Å². The van der Waals surface area contributed by atoms with Crippen molar-refractivity contribution < 1.29 is 9.66 Å². The highest BCUT2D eigenvalue weighted by Gasteiger charge is 2.16. The van der Waals surface area contributed by atoms with Gasteiger partial charge >= 0.3 is 0 Å². The average molecular weight is 292 g/mol. The first-order valence-electron chi connectivity index (χ1n) is 7.79. The molecule has 1 N–H and O–H groups in total. The molecule has 0 amide bonds. The smallest absolute Gasteiger partial charge is 0.269 e. The lowest BCUT2D eigenvalue weighted by atomic mass is 10.1. The second-order valence-electron chi connectivity index (χ2n) is 5.69. The fourth-order valence-corrected chi connectivity index (χ4v) is 2.76. The fourth-order valence-electron chi connectivity index (χ4n) is 2.76. The molecule has 5 nitrogen and oxygen atoms in total. The number of benzene rings is 1. The van der Waals surface area contributed by atoms with E-state index in [1.807, 2.05) is 0 Å². The summed E-state index contributed by atoms with van der Waals surface area (Å²) < 4.78 is 5.80. The fraction of sp³-hybridized carbons (Fsp3) is 0.625. The second-order valence-corrected chi connectivity index (χ2v) is 5.69. The summed E-state index contributed by atoms with van der Waals surface area (Å²) in [6, 6.07) is 4.94. The first-order valence-corrected chi connectivity index (χ1v) is 7.79. The molecule has 116 valence electrons. The zero-order valence-electron chi connectivity index (χ0n) is 12.6. The third kappa shape index (κ3) is 4.70. The van der Waals surface area contributed by atoms with Crippen LogP contribution in [-0.4, -0.2) is 18.1 Å². The molecule has 0 heterocycles. The van der Waals surface area contributed by atoms with Crippen LogP contribution in [-0.2, 0) is 11.3 Å². The van der Waals surface area contributed by atoms with Crippen LogP contribution < -0.4 is 5.32 Å². The molecule has 1 aromatic rings. The average Bonchev–Trinajstić information content (AvgIpc) is 2.99. The van der Waals surface area contributed by atoms with E-state index in [9.17, 15) is 10.1 Å². The summed E-state index contributed by atoms with van der Waals surface area (Å²) in [5.41, 5.74) is 1.93. The molecular formula is C16H24N2O3. The Labute approximate surface area is 125 Å². The molecule has 1 aliphatic carbocycles. The summed E-state index contributed by atoms with van der Waals surface area (Å²) >= 11 is 0. The number of hydrogen-bond donors (Lipinski definition) is 1. The molecule has 5 heteroatoms. The van der Waals surface area contributed by atoms with Crippen LogP contribution in [0.4, 0.5) is 11.4 Å². The Morgan fingerprint density at radius 1 is 1.38 bits per heavy atom. The molecule has 0 spiro atoms. The zero-order chi connectivity index (χ0) is 15.1. The van der Waals surface area contributed by atoms with Crippen molar-refractivity contribution in [1.29, 1.82) is 0 Å². The third-order valence-corrected chi connectivity index (χ3v) is 3.95. The highest BCUT2D eigenvalue weighted by molar-refractivity contribution is 5.55. The van der Waals surface area contributed by atoms with Crippen molar-refractivity contribution >= 4 is 11.4 Å². The summed E-state index contributed by atoms with van der Waals surface area (Å²) in [5, 5.41) is 14.2. The SMILES string of the molecule is CCCNc1ccc([N+](=O)[O-])cc1COCC1CCCC1.